The van der Waals surface area contributed by atoms with Crippen LogP contribution in [0.3, 0.4) is 0 Å². The number of nitrogens with zero attached hydrogens (tertiary/aromatic N) is 2. The number of hydrogen-bond donors (Lipinski definition) is 1. The predicted molar refractivity (Wildman–Crippen MR) is 104 cm³/mol. The lowest BCUT2D eigenvalue weighted by Gasteiger charge is -2.12. The van der Waals surface area contributed by atoms with Crippen LogP contribution in [-0.4, -0.2) is 31.8 Å². The molecule has 0 aliphatic rings. The number of fused-ring (bicyclic) bond motifs is 1. The summed E-state index contributed by atoms with van der Waals surface area (Å²) < 4.78 is 0. The largest absolute Gasteiger partial charge is 0.355 e. The van der Waals surface area contributed by atoms with E-state index in [1.165, 1.54) is 18.7 Å². The van der Waals surface area contributed by atoms with Gasteiger partial charge in [-0.3, -0.25) is 9.59 Å². The van der Waals surface area contributed by atoms with Gasteiger partial charge in [0.25, 0.3) is 0 Å². The van der Waals surface area contributed by atoms with Gasteiger partial charge in [0.15, 0.2) is 11.6 Å². The van der Waals surface area contributed by atoms with E-state index in [4.69, 9.17) is 0 Å². The molecule has 3 aromatic rings. The van der Waals surface area contributed by atoms with Crippen molar-refractivity contribution in [3.8, 4) is 0 Å². The normalized spacial score (nSPS) is 12.3. The minimum atomic E-state index is -0.343. The molecule has 0 saturated carbocycles. The molecule has 26 heavy (non-hydrogen) atoms. The molecule has 0 saturated heterocycles. The number of hydrogen-bond acceptors (Lipinski definition) is 5. The van der Waals surface area contributed by atoms with Crippen LogP contribution in [0.15, 0.2) is 29.3 Å². The molecule has 1 atom stereocenters. The zero-order valence-electron chi connectivity index (χ0n) is 15.5. The third-order valence-corrected chi connectivity index (χ3v) is 5.48. The van der Waals surface area contributed by atoms with E-state index in [2.05, 4.69) is 15.0 Å². The number of aryl methyl sites for hydroxylation is 2. The van der Waals surface area contributed by atoms with Crippen molar-refractivity contribution in [2.75, 3.05) is 0 Å². The minimum Gasteiger partial charge on any atom is -0.355 e. The molecule has 0 radical (unpaired) electrons. The Bertz CT molecular complexity index is 1020. The molecule has 0 spiro atoms. The Labute approximate surface area is 156 Å². The van der Waals surface area contributed by atoms with Crippen LogP contribution in [0.4, 0.5) is 0 Å². The second kappa shape index (κ2) is 7.03. The molecule has 2 heterocycles. The summed E-state index contributed by atoms with van der Waals surface area (Å²) in [4.78, 5) is 36.8. The van der Waals surface area contributed by atoms with Crippen molar-refractivity contribution in [1.29, 1.82) is 0 Å². The van der Waals surface area contributed by atoms with Crippen molar-refractivity contribution in [3.63, 3.8) is 0 Å². The number of carbonyl (C=O) groups excluding carboxylic acids is 2. The first-order chi connectivity index (χ1) is 12.3. The van der Waals surface area contributed by atoms with Crippen LogP contribution in [0.25, 0.3) is 10.9 Å². The summed E-state index contributed by atoms with van der Waals surface area (Å²) in [6.07, 6.45) is 0. The van der Waals surface area contributed by atoms with Gasteiger partial charge < -0.3 is 4.98 Å². The number of nitrogens with one attached hydrogen (secondary N) is 1. The first-order valence-corrected chi connectivity index (χ1v) is 9.32. The SMILES string of the molecule is CC(=O)c1c(C)[nH]c(C(=O)C(C)Sc2nc(C)nc3ccccc23)c1C. The lowest BCUT2D eigenvalue weighted by atomic mass is 10.0. The van der Waals surface area contributed by atoms with E-state index in [-0.39, 0.29) is 16.8 Å². The maximum atomic E-state index is 13.0. The van der Waals surface area contributed by atoms with Crippen molar-refractivity contribution < 1.29 is 9.59 Å². The van der Waals surface area contributed by atoms with Gasteiger partial charge in [-0.25, -0.2) is 9.97 Å². The van der Waals surface area contributed by atoms with E-state index < -0.39 is 0 Å². The molecule has 0 aliphatic heterocycles. The Balaban J connectivity index is 1.94. The monoisotopic (exact) mass is 367 g/mol. The first kappa shape index (κ1) is 18.3. The fourth-order valence-electron chi connectivity index (χ4n) is 3.20. The lowest BCUT2D eigenvalue weighted by Crippen LogP contribution is -2.16. The Morgan fingerprint density at radius 2 is 1.81 bits per heavy atom. The van der Waals surface area contributed by atoms with Crippen LogP contribution in [0, 0.1) is 20.8 Å². The number of aromatic amines is 1. The van der Waals surface area contributed by atoms with E-state index in [9.17, 15) is 9.59 Å². The Hall–Kier alpha value is -2.47. The maximum absolute atomic E-state index is 13.0. The number of para-hydroxylation sites is 1. The molecule has 0 bridgehead atoms. The van der Waals surface area contributed by atoms with Crippen LogP contribution in [-0.2, 0) is 0 Å². The number of carbonyl (C=O) groups is 2. The van der Waals surface area contributed by atoms with Crippen molar-refractivity contribution in [2.24, 2.45) is 0 Å². The average molecular weight is 367 g/mol. The lowest BCUT2D eigenvalue weighted by molar-refractivity contribution is 0.0988. The van der Waals surface area contributed by atoms with Gasteiger partial charge in [-0.05, 0) is 46.2 Å². The highest BCUT2D eigenvalue weighted by molar-refractivity contribution is 8.00. The summed E-state index contributed by atoms with van der Waals surface area (Å²) >= 11 is 1.42. The molecular weight excluding hydrogens is 346 g/mol. The van der Waals surface area contributed by atoms with E-state index in [1.807, 2.05) is 52.0 Å². The quantitative estimate of drug-likeness (QED) is 0.410. The van der Waals surface area contributed by atoms with Gasteiger partial charge in [0, 0.05) is 16.6 Å². The van der Waals surface area contributed by atoms with Crippen molar-refractivity contribution in [1.82, 2.24) is 15.0 Å². The molecule has 6 heteroatoms. The standard InChI is InChI=1S/C20H21N3O2S/c1-10-17(12(3)24)11(2)21-18(10)19(25)13(4)26-20-15-8-6-7-9-16(15)22-14(5)23-20/h6-9,13,21H,1-5H3. The van der Waals surface area contributed by atoms with Crippen LogP contribution >= 0.6 is 11.8 Å². The Kier molecular flexibility index (Phi) is 4.96. The summed E-state index contributed by atoms with van der Waals surface area (Å²) in [5, 5.41) is 1.39. The molecule has 0 amide bonds. The zero-order valence-corrected chi connectivity index (χ0v) is 16.3. The number of thioether (sulfide) groups is 1. The second-order valence-electron chi connectivity index (χ2n) is 6.40. The van der Waals surface area contributed by atoms with Gasteiger partial charge in [0.05, 0.1) is 16.5 Å². The van der Waals surface area contributed by atoms with E-state index in [0.29, 0.717) is 17.1 Å². The average Bonchev–Trinajstić information content (AvgIpc) is 2.88. The predicted octanol–water partition coefficient (Wildman–Crippen LogP) is 4.45. The van der Waals surface area contributed by atoms with Crippen LogP contribution < -0.4 is 0 Å². The summed E-state index contributed by atoms with van der Waals surface area (Å²) in [5.41, 5.74) is 3.43. The number of aromatic nitrogens is 3. The molecule has 3 rings (SSSR count). The maximum Gasteiger partial charge on any atom is 0.192 e. The van der Waals surface area contributed by atoms with E-state index in [1.54, 1.807) is 0 Å². The van der Waals surface area contributed by atoms with Crippen LogP contribution in [0.5, 0.6) is 0 Å². The number of ketones is 2. The number of benzene rings is 1. The number of H-pyrrole nitrogens is 1. The number of Topliss-reactive ketones (excluding diaryl/α,β-unsaturated/α-hetero) is 2. The summed E-state index contributed by atoms with van der Waals surface area (Å²) in [5.74, 6) is 0.605. The molecule has 1 aromatic carbocycles. The molecule has 1 N–H and O–H groups in total. The van der Waals surface area contributed by atoms with Gasteiger partial charge in [0.1, 0.15) is 10.9 Å². The fraction of sp³-hybridized carbons (Fsp3) is 0.300. The Morgan fingerprint density at radius 3 is 2.46 bits per heavy atom. The third kappa shape index (κ3) is 3.29. The van der Waals surface area contributed by atoms with Gasteiger partial charge in [-0.2, -0.15) is 0 Å². The third-order valence-electron chi connectivity index (χ3n) is 4.37. The molecule has 134 valence electrons. The summed E-state index contributed by atoms with van der Waals surface area (Å²) in [7, 11) is 0. The van der Waals surface area contributed by atoms with Gasteiger partial charge in [-0.1, -0.05) is 30.0 Å². The minimum absolute atomic E-state index is 0.0342. The van der Waals surface area contributed by atoms with Gasteiger partial charge in [0.2, 0.25) is 0 Å². The van der Waals surface area contributed by atoms with Crippen molar-refractivity contribution in [2.45, 2.75) is 44.9 Å². The Morgan fingerprint density at radius 1 is 1.12 bits per heavy atom. The number of rotatable bonds is 5. The molecule has 0 fully saturated rings. The first-order valence-electron chi connectivity index (χ1n) is 8.44. The highest BCUT2D eigenvalue weighted by atomic mass is 32.2. The van der Waals surface area contributed by atoms with E-state index >= 15 is 0 Å². The molecule has 1 unspecified atom stereocenters. The zero-order chi connectivity index (χ0) is 19.0. The fourth-order valence-corrected chi connectivity index (χ4v) is 4.24. The molecular formula is C20H21N3O2S. The smallest absolute Gasteiger partial charge is 0.192 e. The van der Waals surface area contributed by atoms with Crippen molar-refractivity contribution in [3.05, 3.63) is 52.6 Å². The van der Waals surface area contributed by atoms with Gasteiger partial charge >= 0.3 is 0 Å². The molecule has 5 nitrogen and oxygen atoms in total. The highest BCUT2D eigenvalue weighted by Crippen LogP contribution is 2.31. The van der Waals surface area contributed by atoms with E-state index in [0.717, 1.165) is 27.2 Å². The van der Waals surface area contributed by atoms with Crippen molar-refractivity contribution >= 4 is 34.2 Å². The second-order valence-corrected chi connectivity index (χ2v) is 7.73. The summed E-state index contributed by atoms with van der Waals surface area (Å²) in [6, 6.07) is 7.78. The molecule has 0 aliphatic carbocycles. The van der Waals surface area contributed by atoms with Crippen LogP contribution in [0.2, 0.25) is 0 Å². The molecule has 2 aromatic heterocycles. The van der Waals surface area contributed by atoms with Crippen LogP contribution in [0.1, 0.15) is 51.8 Å². The summed E-state index contributed by atoms with van der Waals surface area (Å²) in [6.45, 7) is 8.86. The highest BCUT2D eigenvalue weighted by Gasteiger charge is 2.25. The topological polar surface area (TPSA) is 75.7 Å². The van der Waals surface area contributed by atoms with Gasteiger partial charge in [-0.15, -0.1) is 0 Å².